The van der Waals surface area contributed by atoms with E-state index in [1.807, 2.05) is 6.92 Å². The molecule has 2 aliphatic rings. The summed E-state index contributed by atoms with van der Waals surface area (Å²) in [7, 11) is 0. The van der Waals surface area contributed by atoms with Gasteiger partial charge < -0.3 is 25.7 Å². The van der Waals surface area contributed by atoms with Crippen molar-refractivity contribution in [3.05, 3.63) is 22.1 Å². The highest BCUT2D eigenvalue weighted by atomic mass is 32.2. The topological polar surface area (TPSA) is 212 Å². The van der Waals surface area contributed by atoms with Crippen LogP contribution in [0.15, 0.2) is 20.8 Å². The summed E-state index contributed by atoms with van der Waals surface area (Å²) in [5.74, 6) is -2.43. The van der Waals surface area contributed by atoms with Crippen LogP contribution < -0.4 is 11.1 Å². The molecule has 2 amide bonds. The highest BCUT2D eigenvalue weighted by Crippen LogP contribution is 2.42. The van der Waals surface area contributed by atoms with Gasteiger partial charge in [-0.3, -0.25) is 19.3 Å². The van der Waals surface area contributed by atoms with E-state index >= 15 is 0 Å². The average molecular weight is 629 g/mol. The Morgan fingerprint density at radius 3 is 2.62 bits per heavy atom. The molecule has 1 fully saturated rings. The van der Waals surface area contributed by atoms with E-state index in [4.69, 9.17) is 15.2 Å². The van der Waals surface area contributed by atoms with E-state index in [-0.39, 0.29) is 16.7 Å². The average Bonchev–Trinajstić information content (AvgIpc) is 3.52. The van der Waals surface area contributed by atoms with Gasteiger partial charge in [0.2, 0.25) is 18.3 Å². The maximum atomic E-state index is 13.2. The zero-order valence-electron chi connectivity index (χ0n) is 21.6. The number of nitrogens with zero attached hydrogens (tertiary/aromatic N) is 6. The molecule has 40 heavy (non-hydrogen) atoms. The van der Waals surface area contributed by atoms with Gasteiger partial charge in [0, 0.05) is 23.0 Å². The molecule has 0 aromatic carbocycles. The second-order valence-corrected chi connectivity index (χ2v) is 13.6. The highest BCUT2D eigenvalue weighted by Gasteiger charge is 2.54. The number of fused-ring (bicyclic) bond motifs is 1. The zero-order valence-corrected chi connectivity index (χ0v) is 24.8. The van der Waals surface area contributed by atoms with E-state index in [0.29, 0.717) is 21.4 Å². The Hall–Kier alpha value is -3.29. The van der Waals surface area contributed by atoms with Gasteiger partial charge in [0.25, 0.3) is 11.8 Å². The van der Waals surface area contributed by atoms with Gasteiger partial charge in [0.15, 0.2) is 9.47 Å². The smallest absolute Gasteiger partial charge is 0.357 e. The molecule has 0 bridgehead atoms. The molecule has 4 heterocycles. The number of β-lactam (4-membered cyclic amide) rings is 1. The molecular weight excluding hydrogens is 605 g/mol. The van der Waals surface area contributed by atoms with Gasteiger partial charge in [0.1, 0.15) is 22.1 Å². The van der Waals surface area contributed by atoms with E-state index in [2.05, 4.69) is 30.0 Å². The van der Waals surface area contributed by atoms with Gasteiger partial charge in [-0.05, 0) is 33.3 Å². The minimum Gasteiger partial charge on any atom is -0.427 e. The molecule has 0 saturated carbocycles. The van der Waals surface area contributed by atoms with Gasteiger partial charge in [-0.15, -0.1) is 22.0 Å². The van der Waals surface area contributed by atoms with Crippen LogP contribution in [-0.2, 0) is 28.7 Å². The lowest BCUT2D eigenvalue weighted by atomic mass is 9.98. The number of hydrogen-bond acceptors (Lipinski definition) is 17. The monoisotopic (exact) mass is 628 g/mol. The number of anilines is 1. The Bertz CT molecular complexity index is 1400. The van der Waals surface area contributed by atoms with Crippen LogP contribution in [0.5, 0.6) is 0 Å². The number of oxime groups is 1. The molecule has 2 atom stereocenters. The largest absolute Gasteiger partial charge is 0.427 e. The van der Waals surface area contributed by atoms with Crippen molar-refractivity contribution in [1.29, 1.82) is 0 Å². The molecule has 214 valence electrons. The van der Waals surface area contributed by atoms with Gasteiger partial charge in [-0.25, -0.2) is 4.79 Å². The molecule has 1 saturated heterocycles. The molecule has 1 unspecified atom stereocenters. The minimum absolute atomic E-state index is 0.00443. The van der Waals surface area contributed by atoms with Crippen LogP contribution in [0.2, 0.25) is 0 Å². The molecule has 0 aliphatic carbocycles. The summed E-state index contributed by atoms with van der Waals surface area (Å²) in [6.07, 6.45) is 0. The van der Waals surface area contributed by atoms with E-state index in [1.54, 1.807) is 20.8 Å². The van der Waals surface area contributed by atoms with Crippen LogP contribution in [0.25, 0.3) is 0 Å². The summed E-state index contributed by atoms with van der Waals surface area (Å²) in [5.41, 5.74) is 4.83. The first-order valence-corrected chi connectivity index (χ1v) is 15.1. The molecule has 19 heteroatoms. The van der Waals surface area contributed by atoms with Crippen LogP contribution in [0.4, 0.5) is 5.13 Å². The fourth-order valence-electron chi connectivity index (χ4n) is 3.42. The van der Waals surface area contributed by atoms with E-state index in [0.717, 1.165) is 16.5 Å². The minimum atomic E-state index is -1.04. The van der Waals surface area contributed by atoms with Crippen molar-refractivity contribution in [3.63, 3.8) is 0 Å². The molecule has 0 spiro atoms. The summed E-state index contributed by atoms with van der Waals surface area (Å²) >= 11 is 4.88. The lowest BCUT2D eigenvalue weighted by Gasteiger charge is -2.49. The Balaban J connectivity index is 1.50. The first-order chi connectivity index (χ1) is 18.9. The van der Waals surface area contributed by atoms with Crippen LogP contribution in [0, 0.1) is 12.3 Å². The number of aryl methyl sites for hydroxylation is 1. The molecule has 2 aromatic heterocycles. The summed E-state index contributed by atoms with van der Waals surface area (Å²) in [6.45, 7) is 6.17. The fourth-order valence-corrected chi connectivity index (χ4v) is 7.16. The van der Waals surface area contributed by atoms with Crippen molar-refractivity contribution in [1.82, 2.24) is 29.8 Å². The summed E-state index contributed by atoms with van der Waals surface area (Å²) < 4.78 is 14.8. The third-order valence-electron chi connectivity index (χ3n) is 5.37. The predicted octanol–water partition coefficient (Wildman–Crippen LogP) is 0.995. The number of nitrogens with two attached hydrogens (primary N) is 1. The van der Waals surface area contributed by atoms with Crippen LogP contribution in [-0.4, -0.2) is 88.8 Å². The third-order valence-corrected chi connectivity index (χ3v) is 9.31. The van der Waals surface area contributed by atoms with E-state index in [9.17, 15) is 24.4 Å². The highest BCUT2D eigenvalue weighted by molar-refractivity contribution is 8.01. The lowest BCUT2D eigenvalue weighted by molar-refractivity contribution is -0.173. The van der Waals surface area contributed by atoms with Crippen molar-refractivity contribution >= 4 is 81.0 Å². The predicted molar refractivity (Wildman–Crippen MR) is 147 cm³/mol. The van der Waals surface area contributed by atoms with Crippen LogP contribution in [0.1, 0.15) is 31.6 Å². The van der Waals surface area contributed by atoms with Crippen molar-refractivity contribution in [3.8, 4) is 0 Å². The molecule has 2 aliphatic heterocycles. The number of thioether (sulfide) groups is 2. The number of nitrogen functional groups attached to an aromatic ring is 1. The SMILES string of the molecule is Cc1nnc(SCC2=C(C(=O)OCOC(=O)C(C)(C)C)N3C(=O)C(NC(=O)C(=NO)c4nsc(N)n4)[C@@H]3SC2)s1. The van der Waals surface area contributed by atoms with Gasteiger partial charge >= 0.3 is 11.9 Å². The number of carbonyl (C=O) groups is 4. The maximum Gasteiger partial charge on any atom is 0.357 e. The number of aromatic nitrogens is 4. The van der Waals surface area contributed by atoms with Gasteiger partial charge in [-0.1, -0.05) is 28.3 Å². The number of carbonyl (C=O) groups excluding carboxylic acids is 4. The van der Waals surface area contributed by atoms with Crippen molar-refractivity contribution in [2.45, 2.75) is 43.5 Å². The molecular formula is C21H24N8O7S4. The van der Waals surface area contributed by atoms with Gasteiger partial charge in [-0.2, -0.15) is 9.36 Å². The van der Waals surface area contributed by atoms with Crippen molar-refractivity contribution < 1.29 is 33.9 Å². The second-order valence-electron chi connectivity index (χ2n) is 9.33. The number of hydrogen-bond donors (Lipinski definition) is 3. The molecule has 2 aromatic rings. The molecule has 4 N–H and O–H groups in total. The Morgan fingerprint density at radius 2 is 2.02 bits per heavy atom. The standard InChI is InChI=1S/C21H24N8O7S4/c1-8-25-26-20(39-8)38-6-9-5-37-16-11(23-14(30)10(27-34)13-24-19(22)40-28-13)15(31)29(16)12(9)17(32)35-7-36-18(33)21(2,3)4/h11,16,34H,5-7H2,1-4H3,(H,23,30)(H2,22,24,28)/t11?,16-/m0/s1. The summed E-state index contributed by atoms with van der Waals surface area (Å²) in [4.78, 5) is 56.3. The Kier molecular flexibility index (Phi) is 8.96. The lowest BCUT2D eigenvalue weighted by Crippen LogP contribution is -2.71. The first kappa shape index (κ1) is 29.7. The summed E-state index contributed by atoms with van der Waals surface area (Å²) in [5, 5.41) is 23.0. The molecule has 4 rings (SSSR count). The number of amides is 2. The number of ether oxygens (including phenoxy) is 2. The zero-order chi connectivity index (χ0) is 29.2. The number of esters is 2. The quantitative estimate of drug-likeness (QED) is 0.0672. The maximum absolute atomic E-state index is 13.2. The van der Waals surface area contributed by atoms with Crippen molar-refractivity contribution in [2.24, 2.45) is 10.6 Å². The summed E-state index contributed by atoms with van der Waals surface area (Å²) in [6, 6.07) is -1.04. The Labute approximate surface area is 244 Å². The number of rotatable bonds is 9. The van der Waals surface area contributed by atoms with Crippen LogP contribution in [0.3, 0.4) is 0 Å². The molecule has 0 radical (unpaired) electrons. The second kappa shape index (κ2) is 12.1. The van der Waals surface area contributed by atoms with Crippen molar-refractivity contribution in [2.75, 3.05) is 24.0 Å². The van der Waals surface area contributed by atoms with Crippen LogP contribution >= 0.6 is 46.4 Å². The fraction of sp³-hybridized carbons (Fsp3) is 0.476. The van der Waals surface area contributed by atoms with Gasteiger partial charge in [0.05, 0.1) is 5.41 Å². The Morgan fingerprint density at radius 1 is 1.27 bits per heavy atom. The number of nitrogens with one attached hydrogen (secondary N) is 1. The first-order valence-electron chi connectivity index (χ1n) is 11.5. The normalized spacial score (nSPS) is 19.1. The molecule has 15 nitrogen and oxygen atoms in total. The van der Waals surface area contributed by atoms with E-state index in [1.165, 1.54) is 39.8 Å². The van der Waals surface area contributed by atoms with E-state index < -0.39 is 53.1 Å². The third kappa shape index (κ3) is 6.37.